The molecule has 0 heterocycles. The maximum atomic E-state index is 13.1. The summed E-state index contributed by atoms with van der Waals surface area (Å²) in [6, 6.07) is 18.3. The van der Waals surface area contributed by atoms with E-state index in [2.05, 4.69) is 0 Å². The minimum Gasteiger partial charge on any atom is -0.507 e. The molecule has 3 rings (SSSR count). The van der Waals surface area contributed by atoms with E-state index in [-0.39, 0.29) is 22.1 Å². The number of benzene rings is 3. The van der Waals surface area contributed by atoms with Crippen molar-refractivity contribution in [2.24, 2.45) is 0 Å². The van der Waals surface area contributed by atoms with E-state index in [4.69, 9.17) is 16.3 Å². The predicted molar refractivity (Wildman–Crippen MR) is 108 cm³/mol. The normalized spacial score (nSPS) is 11.7. The van der Waals surface area contributed by atoms with Crippen molar-refractivity contribution < 1.29 is 19.4 Å². The average Bonchev–Trinajstić information content (AvgIpc) is 2.68. The fourth-order valence-corrected chi connectivity index (χ4v) is 2.90. The number of phenolic OH excluding ortho intramolecular Hbond substituents is 1. The molecular weight excluding hydrogens is 376 g/mol. The van der Waals surface area contributed by atoms with E-state index in [0.717, 1.165) is 11.1 Å². The van der Waals surface area contributed by atoms with Crippen LogP contribution in [0.3, 0.4) is 0 Å². The molecule has 3 aromatic rings. The number of hydrogen-bond donors (Lipinski definition) is 1. The molecule has 5 heteroatoms. The zero-order valence-corrected chi connectivity index (χ0v) is 16.2. The molecule has 3 aromatic carbocycles. The van der Waals surface area contributed by atoms with Crippen molar-refractivity contribution in [3.05, 3.63) is 99.6 Å². The van der Waals surface area contributed by atoms with Gasteiger partial charge in [0, 0.05) is 16.1 Å². The van der Waals surface area contributed by atoms with Crippen molar-refractivity contribution in [3.63, 3.8) is 0 Å². The van der Waals surface area contributed by atoms with Crippen LogP contribution in [-0.4, -0.2) is 16.9 Å². The van der Waals surface area contributed by atoms with Crippen LogP contribution in [0.15, 0.2) is 66.7 Å². The van der Waals surface area contributed by atoms with Crippen LogP contribution in [0, 0.1) is 13.8 Å². The summed E-state index contributed by atoms with van der Waals surface area (Å²) in [6.45, 7) is 3.85. The zero-order chi connectivity index (χ0) is 20.3. The van der Waals surface area contributed by atoms with Crippen molar-refractivity contribution in [1.82, 2.24) is 0 Å². The van der Waals surface area contributed by atoms with E-state index in [1.807, 2.05) is 38.1 Å². The first kappa shape index (κ1) is 19.6. The van der Waals surface area contributed by atoms with Gasteiger partial charge in [-0.05, 0) is 32.0 Å². The molecule has 0 fully saturated rings. The molecule has 1 atom stereocenters. The van der Waals surface area contributed by atoms with Gasteiger partial charge in [-0.25, -0.2) is 4.79 Å². The Balaban J connectivity index is 1.97. The van der Waals surface area contributed by atoms with Gasteiger partial charge in [0.2, 0.25) is 5.78 Å². The lowest BCUT2D eigenvalue weighted by Gasteiger charge is -2.18. The van der Waals surface area contributed by atoms with Crippen LogP contribution >= 0.6 is 11.6 Å². The molecule has 0 aliphatic carbocycles. The Bertz CT molecular complexity index is 1010. The molecule has 4 nitrogen and oxygen atoms in total. The number of carbonyl (C=O) groups is 2. The lowest BCUT2D eigenvalue weighted by molar-refractivity contribution is 0.0277. The van der Waals surface area contributed by atoms with Gasteiger partial charge in [-0.15, -0.1) is 0 Å². The number of phenols is 1. The highest BCUT2D eigenvalue weighted by Gasteiger charge is 2.28. The Morgan fingerprint density at radius 3 is 2.07 bits per heavy atom. The van der Waals surface area contributed by atoms with Gasteiger partial charge in [-0.2, -0.15) is 0 Å². The summed E-state index contributed by atoms with van der Waals surface area (Å²) in [6.07, 6.45) is -1.14. The summed E-state index contributed by atoms with van der Waals surface area (Å²) in [5.41, 5.74) is 2.92. The summed E-state index contributed by atoms with van der Waals surface area (Å²) < 4.78 is 5.54. The van der Waals surface area contributed by atoms with Crippen molar-refractivity contribution in [3.8, 4) is 5.75 Å². The SMILES string of the molecule is Cc1ccc(C(=O)[C@H](OC(=O)c2cc(Cl)ccc2O)c2ccc(C)cc2)cc1. The molecular formula is C23H19ClO4. The topological polar surface area (TPSA) is 63.6 Å². The zero-order valence-electron chi connectivity index (χ0n) is 15.5. The number of aromatic hydroxyl groups is 1. The molecule has 0 radical (unpaired) electrons. The molecule has 0 saturated carbocycles. The van der Waals surface area contributed by atoms with Crippen molar-refractivity contribution in [1.29, 1.82) is 0 Å². The minimum absolute atomic E-state index is 0.0960. The summed E-state index contributed by atoms with van der Waals surface area (Å²) in [5, 5.41) is 10.2. The van der Waals surface area contributed by atoms with E-state index >= 15 is 0 Å². The Morgan fingerprint density at radius 2 is 1.46 bits per heavy atom. The third kappa shape index (κ3) is 4.41. The van der Waals surface area contributed by atoms with Gasteiger partial charge >= 0.3 is 5.97 Å². The van der Waals surface area contributed by atoms with Gasteiger partial charge in [0.25, 0.3) is 0 Å². The molecule has 0 spiro atoms. The van der Waals surface area contributed by atoms with Crippen LogP contribution in [0.2, 0.25) is 5.02 Å². The number of ether oxygens (including phenoxy) is 1. The summed E-state index contributed by atoms with van der Waals surface area (Å²) in [4.78, 5) is 25.8. The van der Waals surface area contributed by atoms with E-state index in [9.17, 15) is 14.7 Å². The molecule has 0 amide bonds. The van der Waals surface area contributed by atoms with Crippen molar-refractivity contribution in [2.75, 3.05) is 0 Å². The van der Waals surface area contributed by atoms with Crippen LogP contribution in [0.1, 0.15) is 43.5 Å². The molecule has 142 valence electrons. The molecule has 0 aromatic heterocycles. The Morgan fingerprint density at radius 1 is 0.893 bits per heavy atom. The Hall–Kier alpha value is -3.11. The molecule has 0 bridgehead atoms. The summed E-state index contributed by atoms with van der Waals surface area (Å²) in [7, 11) is 0. The second kappa shape index (κ2) is 8.28. The molecule has 0 aliphatic rings. The minimum atomic E-state index is -1.14. The number of rotatable bonds is 5. The first-order valence-corrected chi connectivity index (χ1v) is 9.10. The first-order chi connectivity index (χ1) is 13.3. The van der Waals surface area contributed by atoms with Crippen LogP contribution < -0.4 is 0 Å². The number of hydrogen-bond acceptors (Lipinski definition) is 4. The van der Waals surface area contributed by atoms with E-state index in [0.29, 0.717) is 11.1 Å². The third-order valence-electron chi connectivity index (χ3n) is 4.36. The standard InChI is InChI=1S/C23H19ClO4/c1-14-3-7-16(8-4-14)21(26)22(17-9-5-15(2)6-10-17)28-23(27)19-13-18(24)11-12-20(19)25/h3-13,22,25H,1-2H3/t22-/m1/s1. The smallest absolute Gasteiger partial charge is 0.343 e. The van der Waals surface area contributed by atoms with E-state index in [1.165, 1.54) is 18.2 Å². The molecule has 28 heavy (non-hydrogen) atoms. The number of Topliss-reactive ketones (excluding diaryl/α,β-unsaturated/α-hetero) is 1. The molecule has 0 saturated heterocycles. The monoisotopic (exact) mass is 394 g/mol. The van der Waals surface area contributed by atoms with Gasteiger partial charge in [0.05, 0.1) is 0 Å². The van der Waals surface area contributed by atoms with Crippen LogP contribution in [0.5, 0.6) is 5.75 Å². The quantitative estimate of drug-likeness (QED) is 0.462. The van der Waals surface area contributed by atoms with E-state index < -0.39 is 12.1 Å². The lowest BCUT2D eigenvalue weighted by Crippen LogP contribution is -2.20. The van der Waals surface area contributed by atoms with Crippen LogP contribution in [-0.2, 0) is 4.74 Å². The highest BCUT2D eigenvalue weighted by molar-refractivity contribution is 6.31. The Kier molecular flexibility index (Phi) is 5.81. The third-order valence-corrected chi connectivity index (χ3v) is 4.59. The molecule has 1 N–H and O–H groups in total. The summed E-state index contributed by atoms with van der Waals surface area (Å²) in [5.74, 6) is -1.44. The van der Waals surface area contributed by atoms with E-state index in [1.54, 1.807) is 24.3 Å². The number of halogens is 1. The fourth-order valence-electron chi connectivity index (χ4n) is 2.73. The second-order valence-electron chi connectivity index (χ2n) is 6.59. The highest BCUT2D eigenvalue weighted by Crippen LogP contribution is 2.28. The van der Waals surface area contributed by atoms with Gasteiger partial charge in [-0.1, -0.05) is 71.3 Å². The fraction of sp³-hybridized carbons (Fsp3) is 0.130. The maximum absolute atomic E-state index is 13.1. The molecule has 0 unspecified atom stereocenters. The van der Waals surface area contributed by atoms with Crippen molar-refractivity contribution >= 4 is 23.4 Å². The van der Waals surface area contributed by atoms with Crippen molar-refractivity contribution in [2.45, 2.75) is 20.0 Å². The number of esters is 1. The van der Waals surface area contributed by atoms with Gasteiger partial charge < -0.3 is 9.84 Å². The second-order valence-corrected chi connectivity index (χ2v) is 7.02. The number of ketones is 1. The van der Waals surface area contributed by atoms with Gasteiger partial charge in [-0.3, -0.25) is 4.79 Å². The average molecular weight is 395 g/mol. The molecule has 0 aliphatic heterocycles. The highest BCUT2D eigenvalue weighted by atomic mass is 35.5. The van der Waals surface area contributed by atoms with Gasteiger partial charge in [0.1, 0.15) is 11.3 Å². The number of aryl methyl sites for hydroxylation is 2. The predicted octanol–water partition coefficient (Wildman–Crippen LogP) is 5.44. The van der Waals surface area contributed by atoms with Crippen LogP contribution in [0.4, 0.5) is 0 Å². The maximum Gasteiger partial charge on any atom is 0.343 e. The lowest BCUT2D eigenvalue weighted by atomic mass is 9.98. The van der Waals surface area contributed by atoms with Gasteiger partial charge in [0.15, 0.2) is 6.10 Å². The first-order valence-electron chi connectivity index (χ1n) is 8.72. The Labute approximate surface area is 168 Å². The number of carbonyl (C=O) groups excluding carboxylic acids is 2. The van der Waals surface area contributed by atoms with Crippen LogP contribution in [0.25, 0.3) is 0 Å². The summed E-state index contributed by atoms with van der Waals surface area (Å²) >= 11 is 5.92. The largest absolute Gasteiger partial charge is 0.507 e.